The predicted octanol–water partition coefficient (Wildman–Crippen LogP) is 1.46. The summed E-state index contributed by atoms with van der Waals surface area (Å²) in [4.78, 5) is 6.10. The van der Waals surface area contributed by atoms with Crippen molar-refractivity contribution in [2.45, 2.75) is 6.54 Å². The average molecular weight is 493 g/mol. The number of aliphatic imine (C=N–C) groups is 1. The summed E-state index contributed by atoms with van der Waals surface area (Å²) in [6, 6.07) is 2.04. The number of rotatable bonds is 5. The molecule has 9 heteroatoms. The monoisotopic (exact) mass is 492 g/mol. The van der Waals surface area contributed by atoms with E-state index in [1.807, 2.05) is 35.8 Å². The lowest BCUT2D eigenvalue weighted by Gasteiger charge is -2.22. The summed E-state index contributed by atoms with van der Waals surface area (Å²) >= 11 is 3.44. The minimum Gasteiger partial charge on any atom is -0.355 e. The topological polar surface area (TPSA) is 66.7 Å². The summed E-state index contributed by atoms with van der Waals surface area (Å²) in [6.07, 6.45) is 3.21. The fourth-order valence-corrected chi connectivity index (χ4v) is 2.82. The number of nitrogens with one attached hydrogen (secondary N) is 1. The SMILES string of the molecule is CN=C(NCCS(C)(=O)=O)N(C)Cc1cc(Br)cn1C.I. The second-order valence-electron chi connectivity index (χ2n) is 4.72. The zero-order valence-corrected chi connectivity index (χ0v) is 17.4. The van der Waals surface area contributed by atoms with Gasteiger partial charge < -0.3 is 14.8 Å². The van der Waals surface area contributed by atoms with Crippen LogP contribution in [0.3, 0.4) is 0 Å². The van der Waals surface area contributed by atoms with Crippen molar-refractivity contribution < 1.29 is 8.42 Å². The van der Waals surface area contributed by atoms with Gasteiger partial charge in [-0.1, -0.05) is 0 Å². The molecular weight excluding hydrogens is 471 g/mol. The van der Waals surface area contributed by atoms with Crippen LogP contribution in [0, 0.1) is 0 Å². The van der Waals surface area contributed by atoms with Crippen LogP contribution in [0.5, 0.6) is 0 Å². The summed E-state index contributed by atoms with van der Waals surface area (Å²) in [5.74, 6) is 0.765. The third-order valence-corrected chi connectivity index (χ3v) is 4.18. The molecule has 1 rings (SSSR count). The van der Waals surface area contributed by atoms with Crippen molar-refractivity contribution in [3.63, 3.8) is 0 Å². The Balaban J connectivity index is 0.00000400. The van der Waals surface area contributed by atoms with Gasteiger partial charge in [0.25, 0.3) is 0 Å². The van der Waals surface area contributed by atoms with Gasteiger partial charge >= 0.3 is 0 Å². The first-order valence-corrected chi connectivity index (χ1v) is 8.98. The minimum atomic E-state index is -2.96. The lowest BCUT2D eigenvalue weighted by Crippen LogP contribution is -2.40. The zero-order chi connectivity index (χ0) is 15.3. The van der Waals surface area contributed by atoms with E-state index < -0.39 is 9.84 Å². The van der Waals surface area contributed by atoms with Gasteiger partial charge in [-0.25, -0.2) is 8.42 Å². The largest absolute Gasteiger partial charge is 0.355 e. The molecule has 0 fully saturated rings. The van der Waals surface area contributed by atoms with E-state index >= 15 is 0 Å². The Bertz CT molecular complexity index is 586. The van der Waals surface area contributed by atoms with Crippen LogP contribution in [0.4, 0.5) is 0 Å². The van der Waals surface area contributed by atoms with E-state index in [0.717, 1.165) is 10.2 Å². The molecule has 21 heavy (non-hydrogen) atoms. The number of hydrogen-bond donors (Lipinski definition) is 1. The molecular formula is C12H22BrIN4O2S. The fraction of sp³-hybridized carbons (Fsp3) is 0.583. The highest BCUT2D eigenvalue weighted by molar-refractivity contribution is 14.0. The molecule has 0 saturated carbocycles. The Labute approximate surface area is 152 Å². The number of aromatic nitrogens is 1. The maximum atomic E-state index is 11.1. The normalized spacial score (nSPS) is 12.0. The molecule has 6 nitrogen and oxygen atoms in total. The first-order chi connectivity index (χ1) is 9.23. The van der Waals surface area contributed by atoms with Gasteiger partial charge in [0.15, 0.2) is 5.96 Å². The highest BCUT2D eigenvalue weighted by Gasteiger charge is 2.10. The van der Waals surface area contributed by atoms with Crippen molar-refractivity contribution in [1.29, 1.82) is 0 Å². The third-order valence-electron chi connectivity index (χ3n) is 2.80. The standard InChI is InChI=1S/C12H21BrN4O2S.HI/c1-14-12(15-5-6-20(4,18)19)17(3)9-11-7-10(13)8-16(11)2;/h7-8H,5-6,9H2,1-4H3,(H,14,15);1H. The van der Waals surface area contributed by atoms with Gasteiger partial charge in [-0.05, 0) is 22.0 Å². The smallest absolute Gasteiger partial charge is 0.193 e. The van der Waals surface area contributed by atoms with Crippen LogP contribution in [-0.2, 0) is 23.4 Å². The Morgan fingerprint density at radius 1 is 1.52 bits per heavy atom. The fourth-order valence-electron chi connectivity index (χ4n) is 1.77. The van der Waals surface area contributed by atoms with Crippen LogP contribution in [0.1, 0.15) is 5.69 Å². The van der Waals surface area contributed by atoms with Crippen LogP contribution >= 0.6 is 39.9 Å². The lowest BCUT2D eigenvalue weighted by atomic mass is 10.4. The summed E-state index contributed by atoms with van der Waals surface area (Å²) in [7, 11) is 2.61. The summed E-state index contributed by atoms with van der Waals surface area (Å²) in [6.45, 7) is 1.04. The van der Waals surface area contributed by atoms with Crippen LogP contribution in [0.25, 0.3) is 0 Å². The van der Waals surface area contributed by atoms with Crippen LogP contribution in [-0.4, -0.2) is 56.5 Å². The van der Waals surface area contributed by atoms with E-state index in [-0.39, 0.29) is 29.7 Å². The van der Waals surface area contributed by atoms with Gasteiger partial charge in [0.2, 0.25) is 0 Å². The van der Waals surface area contributed by atoms with E-state index in [9.17, 15) is 8.42 Å². The van der Waals surface area contributed by atoms with Gasteiger partial charge in [-0.2, -0.15) is 0 Å². The third kappa shape index (κ3) is 7.50. The number of sulfone groups is 1. The van der Waals surface area contributed by atoms with Gasteiger partial charge in [-0.3, -0.25) is 4.99 Å². The van der Waals surface area contributed by atoms with Crippen molar-refractivity contribution in [1.82, 2.24) is 14.8 Å². The van der Waals surface area contributed by atoms with Crippen molar-refractivity contribution in [3.05, 3.63) is 22.4 Å². The van der Waals surface area contributed by atoms with Crippen LogP contribution < -0.4 is 5.32 Å². The molecule has 0 aliphatic rings. The molecule has 0 atom stereocenters. The molecule has 1 N–H and O–H groups in total. The molecule has 0 aliphatic carbocycles. The number of nitrogens with zero attached hydrogens (tertiary/aromatic N) is 3. The average Bonchev–Trinajstić information content (AvgIpc) is 2.62. The predicted molar refractivity (Wildman–Crippen MR) is 101 cm³/mol. The molecule has 0 amide bonds. The number of hydrogen-bond acceptors (Lipinski definition) is 3. The highest BCUT2D eigenvalue weighted by Crippen LogP contribution is 2.14. The molecule has 0 unspecified atom stereocenters. The Kier molecular flexibility index (Phi) is 8.86. The van der Waals surface area contributed by atoms with E-state index in [2.05, 4.69) is 26.2 Å². The van der Waals surface area contributed by atoms with Gasteiger partial charge in [0, 0.05) is 50.3 Å². The van der Waals surface area contributed by atoms with Gasteiger partial charge in [-0.15, -0.1) is 24.0 Å². The molecule has 0 radical (unpaired) electrons. The number of guanidine groups is 1. The molecule has 0 aliphatic heterocycles. The van der Waals surface area contributed by atoms with Crippen molar-refractivity contribution >= 4 is 55.7 Å². The Morgan fingerprint density at radius 3 is 2.57 bits per heavy atom. The summed E-state index contributed by atoms with van der Waals surface area (Å²) in [5, 5.41) is 3.05. The molecule has 122 valence electrons. The van der Waals surface area contributed by atoms with Crippen molar-refractivity contribution in [2.75, 3.05) is 32.6 Å². The molecule has 0 bridgehead atoms. The van der Waals surface area contributed by atoms with E-state index in [1.165, 1.54) is 6.26 Å². The Morgan fingerprint density at radius 2 is 2.14 bits per heavy atom. The highest BCUT2D eigenvalue weighted by atomic mass is 127. The molecule has 0 aromatic carbocycles. The van der Waals surface area contributed by atoms with Gasteiger partial charge in [0.1, 0.15) is 9.84 Å². The molecule has 1 aromatic heterocycles. The minimum absolute atomic E-state index is 0. The molecule has 1 heterocycles. The van der Waals surface area contributed by atoms with Crippen molar-refractivity contribution in [2.24, 2.45) is 12.0 Å². The number of aryl methyl sites for hydroxylation is 1. The zero-order valence-electron chi connectivity index (χ0n) is 12.6. The Hall–Kier alpha value is -0.290. The van der Waals surface area contributed by atoms with Crippen molar-refractivity contribution in [3.8, 4) is 0 Å². The van der Waals surface area contributed by atoms with Gasteiger partial charge in [0.05, 0.1) is 12.3 Å². The van der Waals surface area contributed by atoms with Crippen LogP contribution in [0.2, 0.25) is 0 Å². The van der Waals surface area contributed by atoms with E-state index in [4.69, 9.17) is 0 Å². The summed E-state index contributed by atoms with van der Waals surface area (Å²) < 4.78 is 25.3. The maximum absolute atomic E-state index is 11.1. The first kappa shape index (κ1) is 20.7. The molecule has 0 saturated heterocycles. The first-order valence-electron chi connectivity index (χ1n) is 6.13. The summed E-state index contributed by atoms with van der Waals surface area (Å²) in [5.41, 5.74) is 1.13. The lowest BCUT2D eigenvalue weighted by molar-refractivity contribution is 0.463. The molecule has 0 spiro atoms. The quantitative estimate of drug-likeness (QED) is 0.384. The number of halogens is 2. The van der Waals surface area contributed by atoms with E-state index in [0.29, 0.717) is 19.0 Å². The second kappa shape index (κ2) is 8.99. The second-order valence-corrected chi connectivity index (χ2v) is 7.90. The van der Waals surface area contributed by atoms with E-state index in [1.54, 1.807) is 7.05 Å². The van der Waals surface area contributed by atoms with Crippen LogP contribution in [0.15, 0.2) is 21.7 Å². The molecule has 1 aromatic rings. The maximum Gasteiger partial charge on any atom is 0.193 e.